The molecule has 0 aliphatic carbocycles. The van der Waals surface area contributed by atoms with Crippen molar-refractivity contribution in [2.75, 3.05) is 13.7 Å². The number of rotatable bonds is 4. The second-order valence-corrected chi connectivity index (χ2v) is 4.59. The first-order chi connectivity index (χ1) is 9.36. The lowest BCUT2D eigenvalue weighted by atomic mass is 10.2. The van der Waals surface area contributed by atoms with E-state index in [2.05, 4.69) is 4.98 Å². The van der Waals surface area contributed by atoms with Gasteiger partial charge in [-0.3, -0.25) is 0 Å². The summed E-state index contributed by atoms with van der Waals surface area (Å²) < 4.78 is 44.9. The van der Waals surface area contributed by atoms with Gasteiger partial charge in [-0.25, -0.2) is 4.98 Å². The zero-order valence-corrected chi connectivity index (χ0v) is 11.2. The molecule has 0 bridgehead atoms. The number of halogens is 3. The summed E-state index contributed by atoms with van der Waals surface area (Å²) in [6.07, 6.45) is -4.11. The van der Waals surface area contributed by atoms with Crippen LogP contribution in [0.25, 0.3) is 11.0 Å². The van der Waals surface area contributed by atoms with Gasteiger partial charge in [-0.2, -0.15) is 13.2 Å². The lowest BCUT2D eigenvalue weighted by Gasteiger charge is -2.12. The van der Waals surface area contributed by atoms with E-state index in [1.807, 2.05) is 0 Å². The van der Waals surface area contributed by atoms with Gasteiger partial charge in [0, 0.05) is 27.1 Å². The molecule has 0 fully saturated rings. The largest absolute Gasteiger partial charge is 0.416 e. The summed E-state index contributed by atoms with van der Waals surface area (Å²) in [6.45, 7) is 0.327. The predicted octanol–water partition coefficient (Wildman–Crippen LogP) is 2.11. The molecule has 0 saturated heterocycles. The third kappa shape index (κ3) is 2.78. The highest BCUT2D eigenvalue weighted by Gasteiger charge is 2.31. The zero-order valence-electron chi connectivity index (χ0n) is 11.2. The summed E-state index contributed by atoms with van der Waals surface area (Å²) in [7, 11) is 3.31. The number of aromatic nitrogens is 2. The molecular weight excluding hydrogens is 271 g/mol. The van der Waals surface area contributed by atoms with Crippen molar-refractivity contribution in [1.82, 2.24) is 9.55 Å². The second kappa shape index (κ2) is 5.41. The van der Waals surface area contributed by atoms with Crippen LogP contribution in [0.1, 0.15) is 11.4 Å². The van der Waals surface area contributed by atoms with Gasteiger partial charge in [0.25, 0.3) is 0 Å². The number of fused-ring (bicyclic) bond motifs is 1. The Kier molecular flexibility index (Phi) is 4.01. The Bertz CT molecular complexity index is 603. The molecule has 2 N–H and O–H groups in total. The van der Waals surface area contributed by atoms with Crippen molar-refractivity contribution in [2.45, 2.75) is 18.7 Å². The highest BCUT2D eigenvalue weighted by atomic mass is 19.4. The molecule has 1 aromatic heterocycles. The summed E-state index contributed by atoms with van der Waals surface area (Å²) in [5.41, 5.74) is 5.82. The van der Waals surface area contributed by atoms with E-state index in [0.29, 0.717) is 29.8 Å². The standard InChI is InChI=1S/C13H16F3N3O/c1-19-11-4-3-8(13(14,15)16)5-10(11)18-12(19)6-9(7-17)20-2/h3-5,9H,6-7,17H2,1-2H3. The maximum absolute atomic E-state index is 12.7. The molecule has 0 radical (unpaired) electrons. The Balaban J connectivity index is 2.42. The van der Waals surface area contributed by atoms with Crippen molar-refractivity contribution < 1.29 is 17.9 Å². The smallest absolute Gasteiger partial charge is 0.380 e. The number of imidazole rings is 1. The number of hydrogen-bond donors (Lipinski definition) is 1. The minimum absolute atomic E-state index is 0.201. The highest BCUT2D eigenvalue weighted by molar-refractivity contribution is 5.77. The molecule has 20 heavy (non-hydrogen) atoms. The Morgan fingerprint density at radius 3 is 2.65 bits per heavy atom. The van der Waals surface area contributed by atoms with Crippen molar-refractivity contribution >= 4 is 11.0 Å². The van der Waals surface area contributed by atoms with Gasteiger partial charge < -0.3 is 15.0 Å². The number of benzene rings is 1. The summed E-state index contributed by atoms with van der Waals surface area (Å²) in [4.78, 5) is 4.25. The number of nitrogens with zero attached hydrogens (tertiary/aromatic N) is 2. The predicted molar refractivity (Wildman–Crippen MR) is 69.3 cm³/mol. The lowest BCUT2D eigenvalue weighted by Crippen LogP contribution is -2.25. The van der Waals surface area contributed by atoms with Crippen LogP contribution in [-0.2, 0) is 24.4 Å². The van der Waals surface area contributed by atoms with Crippen molar-refractivity contribution in [3.05, 3.63) is 29.6 Å². The fourth-order valence-electron chi connectivity index (χ4n) is 2.08. The van der Waals surface area contributed by atoms with Gasteiger partial charge in [-0.1, -0.05) is 0 Å². The van der Waals surface area contributed by atoms with Crippen molar-refractivity contribution in [3.63, 3.8) is 0 Å². The van der Waals surface area contributed by atoms with Gasteiger partial charge in [0.15, 0.2) is 0 Å². The number of alkyl halides is 3. The van der Waals surface area contributed by atoms with Crippen LogP contribution in [0.4, 0.5) is 13.2 Å². The number of methoxy groups -OCH3 is 1. The van der Waals surface area contributed by atoms with E-state index >= 15 is 0 Å². The minimum atomic E-state index is -4.36. The Labute approximate surface area is 114 Å². The molecule has 1 aromatic carbocycles. The van der Waals surface area contributed by atoms with E-state index in [-0.39, 0.29) is 6.10 Å². The van der Waals surface area contributed by atoms with E-state index in [9.17, 15) is 13.2 Å². The average molecular weight is 287 g/mol. The van der Waals surface area contributed by atoms with Gasteiger partial charge in [-0.15, -0.1) is 0 Å². The van der Waals surface area contributed by atoms with E-state index in [1.165, 1.54) is 6.07 Å². The van der Waals surface area contributed by atoms with Crippen LogP contribution in [0.5, 0.6) is 0 Å². The van der Waals surface area contributed by atoms with Gasteiger partial charge in [0.05, 0.1) is 22.7 Å². The number of ether oxygens (including phenoxy) is 1. The first-order valence-corrected chi connectivity index (χ1v) is 6.12. The average Bonchev–Trinajstić information content (AvgIpc) is 2.71. The molecule has 0 aliphatic heterocycles. The molecule has 0 spiro atoms. The Hall–Kier alpha value is -1.60. The zero-order chi connectivity index (χ0) is 14.9. The maximum Gasteiger partial charge on any atom is 0.416 e. The topological polar surface area (TPSA) is 53.1 Å². The number of nitrogens with two attached hydrogens (primary N) is 1. The van der Waals surface area contributed by atoms with Crippen LogP contribution in [0, 0.1) is 0 Å². The van der Waals surface area contributed by atoms with Crippen LogP contribution >= 0.6 is 0 Å². The summed E-state index contributed by atoms with van der Waals surface area (Å²) in [6, 6.07) is 3.55. The van der Waals surface area contributed by atoms with Crippen molar-refractivity contribution in [1.29, 1.82) is 0 Å². The van der Waals surface area contributed by atoms with Gasteiger partial charge in [-0.05, 0) is 18.2 Å². The monoisotopic (exact) mass is 287 g/mol. The fourth-order valence-corrected chi connectivity index (χ4v) is 2.08. The van der Waals surface area contributed by atoms with E-state index in [0.717, 1.165) is 12.1 Å². The Morgan fingerprint density at radius 2 is 2.10 bits per heavy atom. The quantitative estimate of drug-likeness (QED) is 0.937. The van der Waals surface area contributed by atoms with E-state index < -0.39 is 11.7 Å². The van der Waals surface area contributed by atoms with Crippen molar-refractivity contribution in [3.8, 4) is 0 Å². The summed E-state index contributed by atoms with van der Waals surface area (Å²) in [5.74, 6) is 0.650. The molecule has 1 unspecified atom stereocenters. The van der Waals surface area contributed by atoms with E-state index in [1.54, 1.807) is 18.7 Å². The molecule has 110 valence electrons. The first-order valence-electron chi connectivity index (χ1n) is 6.12. The van der Waals surface area contributed by atoms with Gasteiger partial charge >= 0.3 is 6.18 Å². The Morgan fingerprint density at radius 1 is 1.40 bits per heavy atom. The molecular formula is C13H16F3N3O. The lowest BCUT2D eigenvalue weighted by molar-refractivity contribution is -0.137. The highest BCUT2D eigenvalue weighted by Crippen LogP contribution is 2.31. The van der Waals surface area contributed by atoms with Crippen LogP contribution in [0.15, 0.2) is 18.2 Å². The first kappa shape index (κ1) is 14.8. The second-order valence-electron chi connectivity index (χ2n) is 4.59. The van der Waals surface area contributed by atoms with Gasteiger partial charge in [0.2, 0.25) is 0 Å². The van der Waals surface area contributed by atoms with Crippen LogP contribution in [0.2, 0.25) is 0 Å². The van der Waals surface area contributed by atoms with Crippen LogP contribution < -0.4 is 5.73 Å². The maximum atomic E-state index is 12.7. The number of hydrogen-bond acceptors (Lipinski definition) is 3. The van der Waals surface area contributed by atoms with E-state index in [4.69, 9.17) is 10.5 Å². The normalized spacial score (nSPS) is 13.9. The molecule has 4 nitrogen and oxygen atoms in total. The van der Waals surface area contributed by atoms with Crippen LogP contribution in [0.3, 0.4) is 0 Å². The van der Waals surface area contributed by atoms with Gasteiger partial charge in [0.1, 0.15) is 5.82 Å². The fraction of sp³-hybridized carbons (Fsp3) is 0.462. The molecule has 2 aromatic rings. The molecule has 1 atom stereocenters. The third-order valence-electron chi connectivity index (χ3n) is 3.31. The van der Waals surface area contributed by atoms with Crippen LogP contribution in [-0.4, -0.2) is 29.3 Å². The summed E-state index contributed by atoms with van der Waals surface area (Å²) >= 11 is 0. The van der Waals surface area contributed by atoms with Crippen molar-refractivity contribution in [2.24, 2.45) is 12.8 Å². The minimum Gasteiger partial charge on any atom is -0.380 e. The molecule has 2 rings (SSSR count). The SMILES string of the molecule is COC(CN)Cc1nc2cc(C(F)(F)F)ccc2n1C. The molecule has 0 amide bonds. The third-order valence-corrected chi connectivity index (χ3v) is 3.31. The molecule has 1 heterocycles. The molecule has 0 saturated carbocycles. The molecule has 0 aliphatic rings. The number of aryl methyl sites for hydroxylation is 1. The molecule has 7 heteroatoms. The summed E-state index contributed by atoms with van der Waals surface area (Å²) in [5, 5.41) is 0.